The normalized spacial score (nSPS) is 16.6. The summed E-state index contributed by atoms with van der Waals surface area (Å²) >= 11 is 5.94. The Kier molecular flexibility index (Phi) is 8.82. The van der Waals surface area contributed by atoms with E-state index in [-0.39, 0.29) is 12.4 Å². The molecule has 1 aromatic rings. The third-order valence-electron chi connectivity index (χ3n) is 4.33. The summed E-state index contributed by atoms with van der Waals surface area (Å²) in [5, 5.41) is 4.04. The van der Waals surface area contributed by atoms with Crippen LogP contribution in [-0.4, -0.2) is 89.2 Å². The maximum absolute atomic E-state index is 11.1. The average molecular weight is 417 g/mol. The molecule has 0 amide bonds. The zero-order valence-corrected chi connectivity index (χ0v) is 17.6. The Bertz CT molecular complexity index is 702. The van der Waals surface area contributed by atoms with E-state index in [0.717, 1.165) is 43.7 Å². The van der Waals surface area contributed by atoms with Crippen molar-refractivity contribution in [3.8, 4) is 0 Å². The van der Waals surface area contributed by atoms with Crippen LogP contribution < -0.4 is 5.32 Å². The van der Waals surface area contributed by atoms with E-state index in [1.54, 1.807) is 7.05 Å². The van der Waals surface area contributed by atoms with Crippen LogP contribution in [0.2, 0.25) is 5.02 Å². The van der Waals surface area contributed by atoms with Gasteiger partial charge in [0, 0.05) is 57.6 Å². The maximum atomic E-state index is 11.1. The largest absolute Gasteiger partial charge is 0.379 e. The van der Waals surface area contributed by atoms with Gasteiger partial charge in [0.2, 0.25) is 0 Å². The van der Waals surface area contributed by atoms with Gasteiger partial charge in [-0.05, 0) is 17.7 Å². The van der Waals surface area contributed by atoms with Crippen molar-refractivity contribution in [2.75, 3.05) is 65.0 Å². The van der Waals surface area contributed by atoms with Crippen LogP contribution in [0.4, 0.5) is 0 Å². The molecule has 1 aliphatic heterocycles. The first-order valence-electron chi connectivity index (χ1n) is 9.05. The van der Waals surface area contributed by atoms with Gasteiger partial charge in [0.1, 0.15) is 9.84 Å². The SMILES string of the molecule is CN=C(NCCOCCS(C)(=O)=O)N1CCN(Cc2ccc(Cl)cc2)CC1. The van der Waals surface area contributed by atoms with Gasteiger partial charge in [-0.25, -0.2) is 8.42 Å². The number of piperazine rings is 1. The summed E-state index contributed by atoms with van der Waals surface area (Å²) < 4.78 is 27.5. The minimum Gasteiger partial charge on any atom is -0.379 e. The first-order chi connectivity index (χ1) is 12.9. The zero-order valence-electron chi connectivity index (χ0n) is 16.0. The number of rotatable bonds is 8. The second-order valence-electron chi connectivity index (χ2n) is 6.61. The van der Waals surface area contributed by atoms with Crippen LogP contribution in [0.25, 0.3) is 0 Å². The van der Waals surface area contributed by atoms with Gasteiger partial charge < -0.3 is 15.0 Å². The van der Waals surface area contributed by atoms with Crippen molar-refractivity contribution in [3.63, 3.8) is 0 Å². The van der Waals surface area contributed by atoms with Crippen LogP contribution >= 0.6 is 11.6 Å². The number of aliphatic imine (C=N–C) groups is 1. The molecule has 1 fully saturated rings. The van der Waals surface area contributed by atoms with Crippen molar-refractivity contribution in [3.05, 3.63) is 34.9 Å². The van der Waals surface area contributed by atoms with E-state index < -0.39 is 9.84 Å². The summed E-state index contributed by atoms with van der Waals surface area (Å²) in [5.74, 6) is 0.907. The van der Waals surface area contributed by atoms with Crippen LogP contribution in [-0.2, 0) is 21.1 Å². The molecular formula is C18H29ClN4O3S. The molecule has 0 aromatic heterocycles. The third-order valence-corrected chi connectivity index (χ3v) is 5.49. The number of hydrogen-bond donors (Lipinski definition) is 1. The quantitative estimate of drug-likeness (QED) is 0.388. The van der Waals surface area contributed by atoms with E-state index in [2.05, 4.69) is 32.2 Å². The van der Waals surface area contributed by atoms with Crippen LogP contribution in [0.3, 0.4) is 0 Å². The van der Waals surface area contributed by atoms with Gasteiger partial charge >= 0.3 is 0 Å². The van der Waals surface area contributed by atoms with Crippen LogP contribution in [0, 0.1) is 0 Å². The molecule has 1 aromatic carbocycles. The van der Waals surface area contributed by atoms with Crippen LogP contribution in [0.5, 0.6) is 0 Å². The first-order valence-corrected chi connectivity index (χ1v) is 11.5. The lowest BCUT2D eigenvalue weighted by atomic mass is 10.2. The molecule has 0 saturated carbocycles. The summed E-state index contributed by atoms with van der Waals surface area (Å²) in [5.41, 5.74) is 1.27. The van der Waals surface area contributed by atoms with Crippen molar-refractivity contribution in [1.82, 2.24) is 15.1 Å². The topological polar surface area (TPSA) is 74.2 Å². The van der Waals surface area contributed by atoms with E-state index in [1.165, 1.54) is 11.8 Å². The Morgan fingerprint density at radius 3 is 2.44 bits per heavy atom. The number of hydrogen-bond acceptors (Lipinski definition) is 5. The Morgan fingerprint density at radius 2 is 1.85 bits per heavy atom. The Labute approximate surface area is 167 Å². The highest BCUT2D eigenvalue weighted by Gasteiger charge is 2.19. The van der Waals surface area contributed by atoms with Crippen molar-refractivity contribution in [2.24, 2.45) is 4.99 Å². The second-order valence-corrected chi connectivity index (χ2v) is 9.30. The Balaban J connectivity index is 1.66. The van der Waals surface area contributed by atoms with Crippen molar-refractivity contribution < 1.29 is 13.2 Å². The molecule has 0 bridgehead atoms. The van der Waals surface area contributed by atoms with Crippen molar-refractivity contribution in [1.29, 1.82) is 0 Å². The fourth-order valence-electron chi connectivity index (χ4n) is 2.85. The molecule has 0 radical (unpaired) electrons. The predicted octanol–water partition coefficient (Wildman–Crippen LogP) is 1.09. The summed E-state index contributed by atoms with van der Waals surface area (Å²) in [6.45, 7) is 5.94. The molecule has 0 spiro atoms. The Morgan fingerprint density at radius 1 is 1.19 bits per heavy atom. The molecule has 27 heavy (non-hydrogen) atoms. The van der Waals surface area contributed by atoms with Crippen LogP contribution in [0.1, 0.15) is 5.56 Å². The highest BCUT2D eigenvalue weighted by atomic mass is 35.5. The fourth-order valence-corrected chi connectivity index (χ4v) is 3.39. The maximum Gasteiger partial charge on any atom is 0.193 e. The minimum absolute atomic E-state index is 0.0529. The molecule has 0 aliphatic carbocycles. The number of nitrogens with one attached hydrogen (secondary N) is 1. The monoisotopic (exact) mass is 416 g/mol. The first kappa shape index (κ1) is 21.9. The van der Waals surface area contributed by atoms with E-state index in [4.69, 9.17) is 16.3 Å². The number of halogens is 1. The molecule has 9 heteroatoms. The van der Waals surface area contributed by atoms with E-state index in [1.807, 2.05) is 12.1 Å². The fraction of sp³-hybridized carbons (Fsp3) is 0.611. The predicted molar refractivity (Wildman–Crippen MR) is 110 cm³/mol. The highest BCUT2D eigenvalue weighted by Crippen LogP contribution is 2.13. The van der Waals surface area contributed by atoms with Crippen molar-refractivity contribution >= 4 is 27.4 Å². The van der Waals surface area contributed by atoms with Gasteiger partial charge in [0.25, 0.3) is 0 Å². The Hall–Kier alpha value is -1.35. The van der Waals surface area contributed by atoms with E-state index in [9.17, 15) is 8.42 Å². The molecule has 0 atom stereocenters. The van der Waals surface area contributed by atoms with Gasteiger partial charge in [0.05, 0.1) is 19.0 Å². The smallest absolute Gasteiger partial charge is 0.193 e. The number of ether oxygens (including phenoxy) is 1. The minimum atomic E-state index is -2.97. The molecule has 0 unspecified atom stereocenters. The summed E-state index contributed by atoms with van der Waals surface area (Å²) in [4.78, 5) is 8.98. The lowest BCUT2D eigenvalue weighted by molar-refractivity contribution is 0.150. The number of benzene rings is 1. The van der Waals surface area contributed by atoms with E-state index >= 15 is 0 Å². The standard InChI is InChI=1S/C18H29ClN4O3S/c1-20-18(21-7-12-26-13-14-27(2,24)25)23-10-8-22(9-11-23)15-16-3-5-17(19)6-4-16/h3-6H,7-15H2,1-2H3,(H,20,21). The number of sulfone groups is 1. The summed E-state index contributed by atoms with van der Waals surface area (Å²) in [6.07, 6.45) is 1.21. The third kappa shape index (κ3) is 8.47. The van der Waals surface area contributed by atoms with E-state index in [0.29, 0.717) is 13.2 Å². The summed E-state index contributed by atoms with van der Waals surface area (Å²) in [7, 11) is -1.20. The molecule has 152 valence electrons. The van der Waals surface area contributed by atoms with Gasteiger partial charge in [0.15, 0.2) is 5.96 Å². The molecule has 1 saturated heterocycles. The summed E-state index contributed by atoms with van der Waals surface area (Å²) in [6, 6.07) is 7.99. The second kappa shape index (κ2) is 10.8. The van der Waals surface area contributed by atoms with Gasteiger partial charge in [-0.1, -0.05) is 23.7 Å². The lowest BCUT2D eigenvalue weighted by Crippen LogP contribution is -2.52. The van der Waals surface area contributed by atoms with Gasteiger partial charge in [-0.15, -0.1) is 0 Å². The van der Waals surface area contributed by atoms with Gasteiger partial charge in [-0.2, -0.15) is 0 Å². The average Bonchev–Trinajstić information content (AvgIpc) is 2.63. The molecule has 7 nitrogen and oxygen atoms in total. The number of nitrogens with zero attached hydrogens (tertiary/aromatic N) is 3. The lowest BCUT2D eigenvalue weighted by Gasteiger charge is -2.36. The molecule has 1 aliphatic rings. The van der Waals surface area contributed by atoms with Crippen LogP contribution in [0.15, 0.2) is 29.3 Å². The van der Waals surface area contributed by atoms with Gasteiger partial charge in [-0.3, -0.25) is 9.89 Å². The highest BCUT2D eigenvalue weighted by molar-refractivity contribution is 7.90. The molecular weight excluding hydrogens is 388 g/mol. The molecule has 1 heterocycles. The molecule has 2 rings (SSSR count). The van der Waals surface area contributed by atoms with Crippen molar-refractivity contribution in [2.45, 2.75) is 6.54 Å². The number of guanidine groups is 1. The molecule has 1 N–H and O–H groups in total. The zero-order chi connectivity index (χ0) is 19.7.